The summed E-state index contributed by atoms with van der Waals surface area (Å²) < 4.78 is 12.9. The number of rotatable bonds is 3. The number of carbonyl (C=O) groups excluding carboxylic acids is 1. The second kappa shape index (κ2) is 6.46. The van der Waals surface area contributed by atoms with Crippen LogP contribution in [0.1, 0.15) is 31.7 Å². The van der Waals surface area contributed by atoms with Crippen LogP contribution in [-0.4, -0.2) is 35.7 Å². The molecule has 1 aromatic rings. The van der Waals surface area contributed by atoms with Gasteiger partial charge in [-0.2, -0.15) is 0 Å². The minimum Gasteiger partial charge on any atom is -0.382 e. The van der Waals surface area contributed by atoms with Gasteiger partial charge in [0.25, 0.3) is 5.91 Å². The van der Waals surface area contributed by atoms with E-state index in [1.54, 1.807) is 12.1 Å². The van der Waals surface area contributed by atoms with Crippen LogP contribution in [-0.2, 0) is 16.1 Å². The summed E-state index contributed by atoms with van der Waals surface area (Å²) in [7, 11) is 0. The van der Waals surface area contributed by atoms with Crippen molar-refractivity contribution in [3.8, 4) is 0 Å². The summed E-state index contributed by atoms with van der Waals surface area (Å²) in [6.45, 7) is 3.85. The Hall–Kier alpha value is -1.91. The van der Waals surface area contributed by atoms with Gasteiger partial charge in [0.15, 0.2) is 0 Å². The molecule has 0 aromatic heterocycles. The molecule has 1 amide bonds. The van der Waals surface area contributed by atoms with Crippen molar-refractivity contribution in [1.82, 2.24) is 4.90 Å². The molecule has 5 heteroatoms. The molecule has 3 rings (SSSR count). The molecule has 4 nitrogen and oxygen atoms in total. The Labute approximate surface area is 129 Å². The zero-order valence-corrected chi connectivity index (χ0v) is 12.8. The van der Waals surface area contributed by atoms with Crippen molar-refractivity contribution in [2.24, 2.45) is 11.1 Å². The number of oxime groups is 1. The van der Waals surface area contributed by atoms with Gasteiger partial charge in [0.2, 0.25) is 6.10 Å². The van der Waals surface area contributed by atoms with Crippen LogP contribution in [0.3, 0.4) is 0 Å². The quantitative estimate of drug-likeness (QED) is 0.861. The van der Waals surface area contributed by atoms with Crippen molar-refractivity contribution in [1.29, 1.82) is 0 Å². The van der Waals surface area contributed by atoms with Crippen LogP contribution in [0.5, 0.6) is 0 Å². The SMILES string of the molecule is CC1CCN(C(=O)[C@H]2CC(Cc3ccc(F)cc3)=NO2)CC1. The predicted molar refractivity (Wildman–Crippen MR) is 82.0 cm³/mol. The highest BCUT2D eigenvalue weighted by atomic mass is 19.1. The Kier molecular flexibility index (Phi) is 4.41. The molecule has 0 aliphatic carbocycles. The molecule has 0 radical (unpaired) electrons. The first kappa shape index (κ1) is 15.0. The van der Waals surface area contributed by atoms with Gasteiger partial charge in [0.05, 0.1) is 5.71 Å². The lowest BCUT2D eigenvalue weighted by atomic mass is 9.98. The summed E-state index contributed by atoms with van der Waals surface area (Å²) in [4.78, 5) is 19.6. The van der Waals surface area contributed by atoms with E-state index in [0.29, 0.717) is 18.8 Å². The maximum atomic E-state index is 12.9. The molecule has 0 spiro atoms. The number of hydrogen-bond donors (Lipinski definition) is 0. The molecule has 1 fully saturated rings. The van der Waals surface area contributed by atoms with Crippen LogP contribution in [0, 0.1) is 11.7 Å². The van der Waals surface area contributed by atoms with E-state index in [2.05, 4.69) is 12.1 Å². The molecular formula is C17H21FN2O2. The molecular weight excluding hydrogens is 283 g/mol. The molecule has 1 saturated heterocycles. The van der Waals surface area contributed by atoms with E-state index in [0.717, 1.165) is 37.2 Å². The Bertz CT molecular complexity index is 563. The Morgan fingerprint density at radius 2 is 2.00 bits per heavy atom. The normalized spacial score (nSPS) is 22.4. The van der Waals surface area contributed by atoms with Crippen molar-refractivity contribution < 1.29 is 14.0 Å². The third kappa shape index (κ3) is 3.46. The van der Waals surface area contributed by atoms with Gasteiger partial charge in [-0.3, -0.25) is 4.79 Å². The van der Waals surface area contributed by atoms with Gasteiger partial charge in [-0.1, -0.05) is 24.2 Å². The lowest BCUT2D eigenvalue weighted by Gasteiger charge is -2.31. The molecule has 0 N–H and O–H groups in total. The molecule has 1 aromatic carbocycles. The van der Waals surface area contributed by atoms with E-state index in [-0.39, 0.29) is 11.7 Å². The molecule has 22 heavy (non-hydrogen) atoms. The first-order valence-corrected chi connectivity index (χ1v) is 7.86. The van der Waals surface area contributed by atoms with Crippen LogP contribution >= 0.6 is 0 Å². The van der Waals surface area contributed by atoms with Gasteiger partial charge in [0.1, 0.15) is 5.82 Å². The van der Waals surface area contributed by atoms with Crippen LogP contribution in [0.2, 0.25) is 0 Å². The number of nitrogens with zero attached hydrogens (tertiary/aromatic N) is 2. The third-order valence-corrected chi connectivity index (χ3v) is 4.42. The third-order valence-electron chi connectivity index (χ3n) is 4.42. The van der Waals surface area contributed by atoms with Crippen LogP contribution in [0.4, 0.5) is 4.39 Å². The predicted octanol–water partition coefficient (Wildman–Crippen LogP) is 2.77. The number of benzene rings is 1. The second-order valence-corrected chi connectivity index (χ2v) is 6.27. The first-order chi connectivity index (χ1) is 10.6. The van der Waals surface area contributed by atoms with Crippen molar-refractivity contribution in [3.63, 3.8) is 0 Å². The van der Waals surface area contributed by atoms with Gasteiger partial charge in [0, 0.05) is 25.9 Å². The highest BCUT2D eigenvalue weighted by molar-refractivity contribution is 5.94. The average molecular weight is 304 g/mol. The van der Waals surface area contributed by atoms with Crippen molar-refractivity contribution in [2.45, 2.75) is 38.7 Å². The molecule has 1 atom stereocenters. The van der Waals surface area contributed by atoms with E-state index < -0.39 is 6.10 Å². The second-order valence-electron chi connectivity index (χ2n) is 6.27. The molecule has 0 bridgehead atoms. The van der Waals surface area contributed by atoms with E-state index in [1.807, 2.05) is 4.90 Å². The van der Waals surface area contributed by atoms with Crippen molar-refractivity contribution in [3.05, 3.63) is 35.6 Å². The minimum atomic E-state index is -0.483. The molecule has 118 valence electrons. The van der Waals surface area contributed by atoms with Gasteiger partial charge in [-0.25, -0.2) is 4.39 Å². The Morgan fingerprint density at radius 1 is 1.32 bits per heavy atom. The van der Waals surface area contributed by atoms with E-state index >= 15 is 0 Å². The summed E-state index contributed by atoms with van der Waals surface area (Å²) in [6, 6.07) is 6.34. The number of amides is 1. The Morgan fingerprint density at radius 3 is 2.68 bits per heavy atom. The fourth-order valence-corrected chi connectivity index (χ4v) is 2.93. The number of carbonyl (C=O) groups is 1. The summed E-state index contributed by atoms with van der Waals surface area (Å²) in [5, 5.41) is 4.04. The van der Waals surface area contributed by atoms with E-state index in [1.165, 1.54) is 12.1 Å². The highest BCUT2D eigenvalue weighted by Gasteiger charge is 2.33. The Balaban J connectivity index is 1.52. The maximum absolute atomic E-state index is 12.9. The fourth-order valence-electron chi connectivity index (χ4n) is 2.93. The molecule has 0 unspecified atom stereocenters. The van der Waals surface area contributed by atoms with Gasteiger partial charge >= 0.3 is 0 Å². The summed E-state index contributed by atoms with van der Waals surface area (Å²) >= 11 is 0. The molecule has 0 saturated carbocycles. The minimum absolute atomic E-state index is 0.0461. The van der Waals surface area contributed by atoms with Gasteiger partial charge in [-0.05, 0) is 36.5 Å². The highest BCUT2D eigenvalue weighted by Crippen LogP contribution is 2.21. The smallest absolute Gasteiger partial charge is 0.266 e. The van der Waals surface area contributed by atoms with E-state index in [4.69, 9.17) is 4.84 Å². The summed E-state index contributed by atoms with van der Waals surface area (Å²) in [6.07, 6.45) is 2.76. The summed E-state index contributed by atoms with van der Waals surface area (Å²) in [5.74, 6) is 0.490. The summed E-state index contributed by atoms with van der Waals surface area (Å²) in [5.41, 5.74) is 1.82. The lowest BCUT2D eigenvalue weighted by molar-refractivity contribution is -0.143. The number of halogens is 1. The number of piperidine rings is 1. The largest absolute Gasteiger partial charge is 0.382 e. The fraction of sp³-hybridized carbons (Fsp3) is 0.529. The van der Waals surface area contributed by atoms with Crippen LogP contribution in [0.15, 0.2) is 29.4 Å². The van der Waals surface area contributed by atoms with Gasteiger partial charge in [-0.15, -0.1) is 0 Å². The lowest BCUT2D eigenvalue weighted by Crippen LogP contribution is -2.43. The standard InChI is InChI=1S/C17H21FN2O2/c1-12-6-8-20(9-7-12)17(21)16-11-15(19-22-16)10-13-2-4-14(18)5-3-13/h2-5,12,16H,6-11H2,1H3/t16-/m1/s1. The van der Waals surface area contributed by atoms with Crippen LogP contribution < -0.4 is 0 Å². The zero-order valence-electron chi connectivity index (χ0n) is 12.8. The van der Waals surface area contributed by atoms with Crippen LogP contribution in [0.25, 0.3) is 0 Å². The molecule has 2 heterocycles. The number of likely N-dealkylation sites (tertiary alicyclic amines) is 1. The monoisotopic (exact) mass is 304 g/mol. The first-order valence-electron chi connectivity index (χ1n) is 7.86. The molecule has 2 aliphatic rings. The van der Waals surface area contributed by atoms with Crippen molar-refractivity contribution >= 4 is 11.6 Å². The molecule has 2 aliphatic heterocycles. The zero-order chi connectivity index (χ0) is 15.5. The maximum Gasteiger partial charge on any atom is 0.266 e. The van der Waals surface area contributed by atoms with Crippen molar-refractivity contribution in [2.75, 3.05) is 13.1 Å². The number of hydrogen-bond acceptors (Lipinski definition) is 3. The van der Waals surface area contributed by atoms with E-state index in [9.17, 15) is 9.18 Å². The topological polar surface area (TPSA) is 41.9 Å². The average Bonchev–Trinajstić information content (AvgIpc) is 2.98. The van der Waals surface area contributed by atoms with Gasteiger partial charge < -0.3 is 9.74 Å².